The van der Waals surface area contributed by atoms with Crippen molar-refractivity contribution in [2.75, 3.05) is 5.73 Å². The lowest BCUT2D eigenvalue weighted by Gasteiger charge is -2.09. The lowest BCUT2D eigenvalue weighted by atomic mass is 10.1. The van der Waals surface area contributed by atoms with Crippen molar-refractivity contribution in [1.82, 2.24) is 15.0 Å². The first kappa shape index (κ1) is 9.88. The number of anilines is 1. The van der Waals surface area contributed by atoms with Crippen molar-refractivity contribution in [2.45, 2.75) is 26.3 Å². The highest BCUT2D eigenvalue weighted by molar-refractivity contribution is 5.19. The van der Waals surface area contributed by atoms with E-state index < -0.39 is 6.43 Å². The first-order valence-electron chi connectivity index (χ1n) is 4.01. The topological polar surface area (TPSA) is 56.7 Å². The third-order valence-electron chi connectivity index (χ3n) is 1.64. The van der Waals surface area contributed by atoms with Crippen LogP contribution in [0.4, 0.5) is 14.6 Å². The fraction of sp³-hybridized carbons (Fsp3) is 0.714. The zero-order valence-electron chi connectivity index (χ0n) is 7.32. The van der Waals surface area contributed by atoms with Gasteiger partial charge in [-0.1, -0.05) is 12.1 Å². The van der Waals surface area contributed by atoms with Crippen LogP contribution < -0.4 is 5.73 Å². The molecule has 0 spiro atoms. The van der Waals surface area contributed by atoms with Gasteiger partial charge in [-0.25, -0.2) is 8.78 Å². The van der Waals surface area contributed by atoms with Crippen LogP contribution in [0.15, 0.2) is 6.20 Å². The van der Waals surface area contributed by atoms with E-state index in [2.05, 4.69) is 10.3 Å². The van der Waals surface area contributed by atoms with Gasteiger partial charge in [-0.3, -0.25) is 4.68 Å². The van der Waals surface area contributed by atoms with Crippen LogP contribution in [0.3, 0.4) is 0 Å². The number of alkyl halides is 2. The van der Waals surface area contributed by atoms with Crippen LogP contribution >= 0.6 is 0 Å². The summed E-state index contributed by atoms with van der Waals surface area (Å²) in [6, 6.07) is 0. The molecule has 6 heteroatoms. The maximum absolute atomic E-state index is 11.9. The van der Waals surface area contributed by atoms with Crippen LogP contribution in [0.25, 0.3) is 0 Å². The number of nitrogen functional groups attached to an aromatic ring is 1. The molecule has 1 atom stereocenters. The normalized spacial score (nSPS) is 13.5. The van der Waals surface area contributed by atoms with Gasteiger partial charge in [0.25, 0.3) is 0 Å². The molecule has 0 amide bonds. The summed E-state index contributed by atoms with van der Waals surface area (Å²) in [4.78, 5) is 0. The van der Waals surface area contributed by atoms with E-state index in [9.17, 15) is 8.78 Å². The maximum atomic E-state index is 11.9. The predicted octanol–water partition coefficient (Wildman–Crippen LogP) is 1.15. The lowest BCUT2D eigenvalue weighted by molar-refractivity contribution is 0.113. The summed E-state index contributed by atoms with van der Waals surface area (Å²) in [7, 11) is 0. The van der Waals surface area contributed by atoms with E-state index in [1.54, 1.807) is 6.92 Å². The van der Waals surface area contributed by atoms with Gasteiger partial charge in [0.2, 0.25) is 6.43 Å². The molecule has 74 valence electrons. The van der Waals surface area contributed by atoms with Gasteiger partial charge < -0.3 is 5.73 Å². The highest BCUT2D eigenvalue weighted by atomic mass is 19.3. The molecule has 0 aliphatic rings. The summed E-state index contributed by atoms with van der Waals surface area (Å²) in [6.45, 7) is 2.17. The van der Waals surface area contributed by atoms with Crippen molar-refractivity contribution in [3.8, 4) is 0 Å². The first-order chi connectivity index (χ1) is 6.08. The van der Waals surface area contributed by atoms with E-state index in [0.717, 1.165) is 0 Å². The molecule has 1 rings (SSSR count). The molecule has 0 bridgehead atoms. The van der Waals surface area contributed by atoms with Crippen LogP contribution in [-0.2, 0) is 6.54 Å². The Morgan fingerprint density at radius 1 is 1.62 bits per heavy atom. The zero-order valence-corrected chi connectivity index (χ0v) is 7.32. The SMILES string of the molecule is CC(CC(F)F)Cn1cc(N)nn1. The monoisotopic (exact) mass is 190 g/mol. The highest BCUT2D eigenvalue weighted by Gasteiger charge is 2.11. The average Bonchev–Trinajstić information content (AvgIpc) is 2.33. The molecule has 4 nitrogen and oxygen atoms in total. The van der Waals surface area contributed by atoms with Gasteiger partial charge in [0.05, 0.1) is 6.20 Å². The summed E-state index contributed by atoms with van der Waals surface area (Å²) < 4.78 is 25.3. The van der Waals surface area contributed by atoms with Gasteiger partial charge in [0.15, 0.2) is 5.82 Å². The second-order valence-corrected chi connectivity index (χ2v) is 3.10. The molecule has 1 heterocycles. The number of aromatic nitrogens is 3. The summed E-state index contributed by atoms with van der Waals surface area (Å²) in [5.41, 5.74) is 5.31. The van der Waals surface area contributed by atoms with Crippen molar-refractivity contribution in [1.29, 1.82) is 0 Å². The van der Waals surface area contributed by atoms with Gasteiger partial charge in [-0.2, -0.15) is 0 Å². The molecule has 1 aromatic rings. The Morgan fingerprint density at radius 2 is 2.31 bits per heavy atom. The molecular formula is C7H12F2N4. The van der Waals surface area contributed by atoms with Crippen molar-refractivity contribution in [3.05, 3.63) is 6.20 Å². The third kappa shape index (κ3) is 3.35. The van der Waals surface area contributed by atoms with Gasteiger partial charge in [-0.05, 0) is 5.92 Å². The van der Waals surface area contributed by atoms with Crippen molar-refractivity contribution in [2.24, 2.45) is 5.92 Å². The third-order valence-corrected chi connectivity index (χ3v) is 1.64. The number of hydrogen-bond acceptors (Lipinski definition) is 3. The number of halogens is 2. The van der Waals surface area contributed by atoms with E-state index in [0.29, 0.717) is 12.4 Å². The van der Waals surface area contributed by atoms with Crippen molar-refractivity contribution >= 4 is 5.82 Å². The molecule has 0 fully saturated rings. The van der Waals surface area contributed by atoms with E-state index in [4.69, 9.17) is 5.73 Å². The second kappa shape index (κ2) is 4.15. The second-order valence-electron chi connectivity index (χ2n) is 3.10. The van der Waals surface area contributed by atoms with Crippen LogP contribution in [0, 0.1) is 5.92 Å². The van der Waals surface area contributed by atoms with Gasteiger partial charge >= 0.3 is 0 Å². The smallest absolute Gasteiger partial charge is 0.239 e. The summed E-state index contributed by atoms with van der Waals surface area (Å²) in [5, 5.41) is 7.21. The molecule has 0 aromatic carbocycles. The Hall–Kier alpha value is -1.20. The predicted molar refractivity (Wildman–Crippen MR) is 44.2 cm³/mol. The first-order valence-corrected chi connectivity index (χ1v) is 4.01. The van der Waals surface area contributed by atoms with Crippen molar-refractivity contribution in [3.63, 3.8) is 0 Å². The average molecular weight is 190 g/mol. The van der Waals surface area contributed by atoms with Crippen LogP contribution in [0.5, 0.6) is 0 Å². The molecule has 0 saturated heterocycles. The molecule has 0 radical (unpaired) electrons. The molecule has 2 N–H and O–H groups in total. The molecule has 0 saturated carbocycles. The fourth-order valence-electron chi connectivity index (χ4n) is 1.10. The summed E-state index contributed by atoms with van der Waals surface area (Å²) in [6.07, 6.45) is -0.863. The van der Waals surface area contributed by atoms with Crippen LogP contribution in [-0.4, -0.2) is 21.4 Å². The molecule has 1 aromatic heterocycles. The van der Waals surface area contributed by atoms with E-state index in [1.807, 2.05) is 0 Å². The van der Waals surface area contributed by atoms with Crippen LogP contribution in [0.2, 0.25) is 0 Å². The van der Waals surface area contributed by atoms with E-state index in [-0.39, 0.29) is 12.3 Å². The standard InChI is InChI=1S/C7H12F2N4/c1-5(2-6(8)9)3-13-4-7(10)11-12-13/h4-6H,2-3,10H2,1H3. The van der Waals surface area contributed by atoms with Gasteiger partial charge in [-0.15, -0.1) is 5.10 Å². The summed E-state index contributed by atoms with van der Waals surface area (Å²) >= 11 is 0. The lowest BCUT2D eigenvalue weighted by Crippen LogP contribution is -2.11. The highest BCUT2D eigenvalue weighted by Crippen LogP contribution is 2.12. The number of nitrogens with zero attached hydrogens (tertiary/aromatic N) is 3. The Kier molecular flexibility index (Phi) is 3.16. The Morgan fingerprint density at radius 3 is 2.77 bits per heavy atom. The fourth-order valence-corrected chi connectivity index (χ4v) is 1.10. The quantitative estimate of drug-likeness (QED) is 0.774. The number of rotatable bonds is 4. The van der Waals surface area contributed by atoms with Gasteiger partial charge in [0.1, 0.15) is 0 Å². The van der Waals surface area contributed by atoms with Crippen molar-refractivity contribution < 1.29 is 8.78 Å². The number of nitrogens with two attached hydrogens (primary N) is 1. The summed E-state index contributed by atoms with van der Waals surface area (Å²) in [5.74, 6) is 0.186. The zero-order chi connectivity index (χ0) is 9.84. The molecule has 0 aliphatic carbocycles. The van der Waals surface area contributed by atoms with E-state index >= 15 is 0 Å². The number of hydrogen-bond donors (Lipinski definition) is 1. The largest absolute Gasteiger partial charge is 0.381 e. The minimum absolute atomic E-state index is 0.124. The Balaban J connectivity index is 2.40. The van der Waals surface area contributed by atoms with E-state index in [1.165, 1.54) is 10.9 Å². The Labute approximate surface area is 74.7 Å². The molecule has 1 unspecified atom stereocenters. The van der Waals surface area contributed by atoms with Gasteiger partial charge in [0, 0.05) is 13.0 Å². The molecule has 0 aliphatic heterocycles. The van der Waals surface area contributed by atoms with Crippen LogP contribution in [0.1, 0.15) is 13.3 Å². The molecular weight excluding hydrogens is 178 g/mol. The molecule has 13 heavy (non-hydrogen) atoms. The maximum Gasteiger partial charge on any atom is 0.239 e. The Bertz CT molecular complexity index is 261. The minimum atomic E-state index is -2.27. The minimum Gasteiger partial charge on any atom is -0.381 e.